The van der Waals surface area contributed by atoms with Gasteiger partial charge in [0, 0.05) is 21.9 Å². The third kappa shape index (κ3) is 3.37. The Kier molecular flexibility index (Phi) is 5.00. The molecule has 2 nitrogen and oxygen atoms in total. The molecular weight excluding hydrogens is 609 g/mol. The Hall–Kier alpha value is -6.64. The zero-order valence-electron chi connectivity index (χ0n) is 26.8. The average molecular weight is 635 g/mol. The van der Waals surface area contributed by atoms with Crippen molar-refractivity contribution in [2.75, 3.05) is 0 Å². The fourth-order valence-electron chi connectivity index (χ4n) is 8.89. The topological polar surface area (TPSA) is 26.3 Å². The van der Waals surface area contributed by atoms with Gasteiger partial charge in [0.15, 0.2) is 0 Å². The van der Waals surface area contributed by atoms with Crippen LogP contribution in [0.2, 0.25) is 0 Å². The van der Waals surface area contributed by atoms with Crippen molar-refractivity contribution in [1.29, 1.82) is 0 Å². The molecule has 0 amide bonds. The van der Waals surface area contributed by atoms with Crippen LogP contribution in [0.1, 0.15) is 0 Å². The predicted molar refractivity (Wildman–Crippen MR) is 210 cm³/mol. The number of benzene rings is 10. The van der Waals surface area contributed by atoms with Crippen molar-refractivity contribution in [3.8, 4) is 33.4 Å². The maximum atomic E-state index is 6.81. The largest absolute Gasteiger partial charge is 0.456 e. The van der Waals surface area contributed by atoms with Crippen LogP contribution in [-0.2, 0) is 0 Å². The standard InChI is InChI=1S/C48H26O2/c1-3-11-29-27(9-1)25-39(33-15-7-5-13-31(29)33)35-17-21-41-45-37(35)19-23-43-47(45)48-44(49-41)24-20-38-36(18-22-42(50-43)46(38)48)40-26-28-10-2-4-12-30(28)32-14-6-8-16-34(32)40/h1-26H. The first-order valence-electron chi connectivity index (χ1n) is 17.2. The molecule has 230 valence electrons. The van der Waals surface area contributed by atoms with Gasteiger partial charge in [-0.1, -0.05) is 109 Å². The summed E-state index contributed by atoms with van der Waals surface area (Å²) in [6, 6.07) is 57.0. The smallest absolute Gasteiger partial charge is 0.136 e. The Morgan fingerprint density at radius 3 is 1.10 bits per heavy atom. The van der Waals surface area contributed by atoms with Crippen molar-refractivity contribution in [1.82, 2.24) is 0 Å². The number of rotatable bonds is 2. The molecule has 2 heteroatoms. The van der Waals surface area contributed by atoms with Crippen molar-refractivity contribution in [2.45, 2.75) is 0 Å². The minimum Gasteiger partial charge on any atom is -0.456 e. The fourth-order valence-corrected chi connectivity index (χ4v) is 8.89. The van der Waals surface area contributed by atoms with Crippen LogP contribution < -0.4 is 0 Å². The summed E-state index contributed by atoms with van der Waals surface area (Å²) >= 11 is 0. The summed E-state index contributed by atoms with van der Waals surface area (Å²) in [6.07, 6.45) is 0. The molecule has 0 radical (unpaired) electrons. The Labute approximate surface area is 286 Å². The molecule has 0 saturated heterocycles. The average Bonchev–Trinajstić information content (AvgIpc) is 3.18. The molecule has 12 rings (SSSR count). The lowest BCUT2D eigenvalue weighted by Crippen LogP contribution is -1.96. The summed E-state index contributed by atoms with van der Waals surface area (Å²) in [5.74, 6) is 0. The highest BCUT2D eigenvalue weighted by molar-refractivity contribution is 6.28. The van der Waals surface area contributed by atoms with Crippen molar-refractivity contribution >= 4 is 87.0 Å². The highest BCUT2D eigenvalue weighted by atomic mass is 16.3. The Morgan fingerprint density at radius 1 is 0.260 bits per heavy atom. The number of hydrogen-bond acceptors (Lipinski definition) is 2. The van der Waals surface area contributed by atoms with Crippen molar-refractivity contribution < 1.29 is 8.83 Å². The Balaban J connectivity index is 1.18. The number of fused-ring (bicyclic) bond motifs is 6. The molecule has 2 heterocycles. The summed E-state index contributed by atoms with van der Waals surface area (Å²) in [5, 5.41) is 14.5. The highest BCUT2D eigenvalue weighted by Crippen LogP contribution is 2.52. The van der Waals surface area contributed by atoms with E-state index in [1.807, 2.05) is 0 Å². The van der Waals surface area contributed by atoms with Gasteiger partial charge in [0.05, 0.1) is 0 Å². The van der Waals surface area contributed by atoms with E-state index in [2.05, 4.69) is 158 Å². The second-order valence-electron chi connectivity index (χ2n) is 13.5. The molecule has 0 fully saturated rings. The van der Waals surface area contributed by atoms with E-state index in [9.17, 15) is 0 Å². The maximum Gasteiger partial charge on any atom is 0.136 e. The van der Waals surface area contributed by atoms with Crippen molar-refractivity contribution in [3.63, 3.8) is 0 Å². The molecule has 0 spiro atoms. The van der Waals surface area contributed by atoms with Gasteiger partial charge in [-0.2, -0.15) is 0 Å². The van der Waals surface area contributed by atoms with Crippen LogP contribution in [0, 0.1) is 0 Å². The molecule has 0 saturated carbocycles. The van der Waals surface area contributed by atoms with E-state index in [4.69, 9.17) is 8.83 Å². The third-order valence-corrected chi connectivity index (χ3v) is 11.0. The maximum absolute atomic E-state index is 6.81. The van der Waals surface area contributed by atoms with E-state index in [0.29, 0.717) is 0 Å². The van der Waals surface area contributed by atoms with Crippen LogP contribution in [0.5, 0.6) is 0 Å². The van der Waals surface area contributed by atoms with Gasteiger partial charge < -0.3 is 8.83 Å². The zero-order chi connectivity index (χ0) is 32.5. The van der Waals surface area contributed by atoms with Gasteiger partial charge in [0.1, 0.15) is 22.3 Å². The Morgan fingerprint density at radius 2 is 0.640 bits per heavy atom. The van der Waals surface area contributed by atoms with Crippen LogP contribution in [0.4, 0.5) is 0 Å². The highest BCUT2D eigenvalue weighted by Gasteiger charge is 2.27. The molecule has 0 N–H and O–H groups in total. The first kappa shape index (κ1) is 26.3. The van der Waals surface area contributed by atoms with Gasteiger partial charge in [-0.3, -0.25) is 0 Å². The summed E-state index contributed by atoms with van der Waals surface area (Å²) < 4.78 is 13.6. The second-order valence-corrected chi connectivity index (χ2v) is 13.5. The minimum atomic E-state index is 0.862. The minimum absolute atomic E-state index is 0.862. The zero-order valence-corrected chi connectivity index (χ0v) is 26.8. The molecule has 10 aromatic carbocycles. The van der Waals surface area contributed by atoms with Gasteiger partial charge in [-0.25, -0.2) is 0 Å². The molecule has 2 aliphatic rings. The number of hydrogen-bond donors (Lipinski definition) is 0. The lowest BCUT2D eigenvalue weighted by atomic mass is 9.84. The summed E-state index contributed by atoms with van der Waals surface area (Å²) in [4.78, 5) is 0. The van der Waals surface area contributed by atoms with Crippen LogP contribution in [-0.4, -0.2) is 0 Å². The SMILES string of the molecule is c1ccc2c(c1)cc(-c1ccc3oc4ccc5c(-c6cc7ccccc7c7ccccc67)ccc6oc7ccc1c3c7-c4c65)c1ccccc12. The van der Waals surface area contributed by atoms with E-state index < -0.39 is 0 Å². The van der Waals surface area contributed by atoms with E-state index in [1.165, 1.54) is 65.3 Å². The lowest BCUT2D eigenvalue weighted by Gasteiger charge is -2.22. The fraction of sp³-hybridized carbons (Fsp3) is 0. The predicted octanol–water partition coefficient (Wildman–Crippen LogP) is 14.0. The van der Waals surface area contributed by atoms with E-state index in [-0.39, 0.29) is 0 Å². The van der Waals surface area contributed by atoms with Gasteiger partial charge in [-0.15, -0.1) is 0 Å². The third-order valence-electron chi connectivity index (χ3n) is 11.0. The van der Waals surface area contributed by atoms with Crippen molar-refractivity contribution in [2.24, 2.45) is 0 Å². The Bertz CT molecular complexity index is 3090. The van der Waals surface area contributed by atoms with E-state index in [1.54, 1.807) is 0 Å². The molecule has 50 heavy (non-hydrogen) atoms. The molecule has 10 aromatic rings. The van der Waals surface area contributed by atoms with Crippen LogP contribution in [0.15, 0.2) is 167 Å². The molecule has 2 aliphatic heterocycles. The lowest BCUT2D eigenvalue weighted by molar-refractivity contribution is 0.646. The quantitative estimate of drug-likeness (QED) is 0.140. The van der Waals surface area contributed by atoms with Crippen molar-refractivity contribution in [3.05, 3.63) is 158 Å². The summed E-state index contributed by atoms with van der Waals surface area (Å²) in [5.41, 5.74) is 10.5. The normalized spacial score (nSPS) is 12.4. The van der Waals surface area contributed by atoms with Gasteiger partial charge in [0.2, 0.25) is 0 Å². The van der Waals surface area contributed by atoms with E-state index in [0.717, 1.165) is 55.0 Å². The second kappa shape index (κ2) is 9.49. The first-order chi connectivity index (χ1) is 24.8. The monoisotopic (exact) mass is 634 g/mol. The van der Waals surface area contributed by atoms with Gasteiger partial charge >= 0.3 is 0 Å². The molecule has 0 aromatic heterocycles. The molecular formula is C48H26O2. The van der Waals surface area contributed by atoms with Crippen LogP contribution in [0.3, 0.4) is 0 Å². The van der Waals surface area contributed by atoms with Gasteiger partial charge in [0.25, 0.3) is 0 Å². The summed E-state index contributed by atoms with van der Waals surface area (Å²) in [6.45, 7) is 0. The van der Waals surface area contributed by atoms with Crippen LogP contribution in [0.25, 0.3) is 120 Å². The van der Waals surface area contributed by atoms with Crippen LogP contribution >= 0.6 is 0 Å². The van der Waals surface area contributed by atoms with E-state index >= 15 is 0 Å². The van der Waals surface area contributed by atoms with Gasteiger partial charge in [-0.05, 0) is 125 Å². The molecule has 0 atom stereocenters. The molecule has 0 bridgehead atoms. The first-order valence-corrected chi connectivity index (χ1v) is 17.2. The summed E-state index contributed by atoms with van der Waals surface area (Å²) in [7, 11) is 0. The molecule has 0 unspecified atom stereocenters. The molecule has 0 aliphatic carbocycles.